The molecule has 6 heteroatoms. The minimum atomic E-state index is -0.817. The third-order valence-corrected chi connectivity index (χ3v) is 4.56. The van der Waals surface area contributed by atoms with Crippen molar-refractivity contribution in [2.45, 2.75) is 38.8 Å². The Balaban J connectivity index is 1.44. The van der Waals surface area contributed by atoms with Crippen LogP contribution in [0.2, 0.25) is 0 Å². The van der Waals surface area contributed by atoms with Crippen LogP contribution in [0, 0.1) is 0 Å². The molecule has 0 atom stereocenters. The number of nitrogens with one attached hydrogen (secondary N) is 1. The molecule has 0 saturated carbocycles. The number of amides is 3. The van der Waals surface area contributed by atoms with Gasteiger partial charge in [0.1, 0.15) is 12.1 Å². The number of hydrogen-bond acceptors (Lipinski definition) is 4. The molecule has 2 aromatic rings. The third-order valence-electron chi connectivity index (χ3n) is 4.56. The molecule has 1 fully saturated rings. The first-order valence-corrected chi connectivity index (χ1v) is 9.50. The van der Waals surface area contributed by atoms with E-state index < -0.39 is 5.54 Å². The van der Waals surface area contributed by atoms with Gasteiger partial charge in [0.05, 0.1) is 6.61 Å². The number of para-hydroxylation sites is 2. The summed E-state index contributed by atoms with van der Waals surface area (Å²) in [5.41, 5.74) is 0.275. The van der Waals surface area contributed by atoms with Crippen LogP contribution >= 0.6 is 0 Å². The highest BCUT2D eigenvalue weighted by atomic mass is 16.5. The maximum atomic E-state index is 12.2. The maximum Gasteiger partial charge on any atom is 0.325 e. The lowest BCUT2D eigenvalue weighted by molar-refractivity contribution is -0.130. The van der Waals surface area contributed by atoms with Gasteiger partial charge in [0, 0.05) is 6.54 Å². The predicted molar refractivity (Wildman–Crippen MR) is 106 cm³/mol. The number of carbonyl (C=O) groups excluding carboxylic acids is 2. The molecule has 1 aliphatic heterocycles. The lowest BCUT2D eigenvalue weighted by atomic mass is 10.1. The molecule has 0 unspecified atom stereocenters. The molecule has 1 N–H and O–H groups in total. The van der Waals surface area contributed by atoms with Crippen LogP contribution in [0.25, 0.3) is 0 Å². The smallest absolute Gasteiger partial charge is 0.325 e. The second kappa shape index (κ2) is 8.78. The first-order valence-electron chi connectivity index (χ1n) is 9.50. The molecule has 1 saturated heterocycles. The highest BCUT2D eigenvalue weighted by Gasteiger charge is 2.43. The van der Waals surface area contributed by atoms with E-state index >= 15 is 0 Å². The van der Waals surface area contributed by atoms with Gasteiger partial charge < -0.3 is 14.8 Å². The second-order valence-electron chi connectivity index (χ2n) is 7.29. The number of benzene rings is 2. The van der Waals surface area contributed by atoms with E-state index in [0.717, 1.165) is 12.0 Å². The summed E-state index contributed by atoms with van der Waals surface area (Å²) in [4.78, 5) is 25.3. The van der Waals surface area contributed by atoms with Gasteiger partial charge in [-0.2, -0.15) is 0 Å². The molecule has 0 radical (unpaired) electrons. The monoisotopic (exact) mass is 382 g/mol. The van der Waals surface area contributed by atoms with Crippen LogP contribution in [0.3, 0.4) is 0 Å². The molecular weight excluding hydrogens is 356 g/mol. The Kier molecular flexibility index (Phi) is 6.19. The van der Waals surface area contributed by atoms with E-state index in [0.29, 0.717) is 37.7 Å². The molecule has 0 aromatic heterocycles. The first-order chi connectivity index (χ1) is 13.5. The van der Waals surface area contributed by atoms with Crippen molar-refractivity contribution in [3.05, 3.63) is 60.2 Å². The molecule has 3 rings (SSSR count). The summed E-state index contributed by atoms with van der Waals surface area (Å²) in [6.07, 6.45) is 1.41. The van der Waals surface area contributed by atoms with Crippen molar-refractivity contribution in [2.24, 2.45) is 0 Å². The Morgan fingerprint density at radius 3 is 2.18 bits per heavy atom. The molecule has 0 aliphatic carbocycles. The van der Waals surface area contributed by atoms with Gasteiger partial charge in [-0.3, -0.25) is 9.69 Å². The zero-order chi connectivity index (χ0) is 20.0. The number of ether oxygens (including phenoxy) is 2. The Hall–Kier alpha value is -3.02. The van der Waals surface area contributed by atoms with Crippen LogP contribution in [0.4, 0.5) is 4.79 Å². The number of imide groups is 1. The SMILES string of the molecule is CC1(C)NC(=O)N(CCCCOc2ccccc2OCc2ccccc2)C1=O. The second-order valence-corrected chi connectivity index (χ2v) is 7.29. The van der Waals surface area contributed by atoms with E-state index in [1.165, 1.54) is 4.90 Å². The standard InChI is InChI=1S/C22H26N2O4/c1-22(2)20(25)24(21(26)23-22)14-8-9-15-27-18-12-6-7-13-19(18)28-16-17-10-4-3-5-11-17/h3-7,10-13H,8-9,14-16H2,1-2H3,(H,23,26). The lowest BCUT2D eigenvalue weighted by Gasteiger charge is -2.16. The summed E-state index contributed by atoms with van der Waals surface area (Å²) >= 11 is 0. The zero-order valence-electron chi connectivity index (χ0n) is 16.3. The number of urea groups is 1. The predicted octanol–water partition coefficient (Wildman–Crippen LogP) is 3.76. The summed E-state index contributed by atoms with van der Waals surface area (Å²) in [5.74, 6) is 1.20. The molecule has 1 heterocycles. The van der Waals surface area contributed by atoms with E-state index in [1.54, 1.807) is 13.8 Å². The van der Waals surface area contributed by atoms with Crippen molar-refractivity contribution in [3.8, 4) is 11.5 Å². The van der Waals surface area contributed by atoms with E-state index in [9.17, 15) is 9.59 Å². The lowest BCUT2D eigenvalue weighted by Crippen LogP contribution is -2.40. The topological polar surface area (TPSA) is 67.9 Å². The molecule has 148 valence electrons. The van der Waals surface area contributed by atoms with Gasteiger partial charge in [-0.25, -0.2) is 4.79 Å². The minimum Gasteiger partial charge on any atom is -0.490 e. The molecule has 2 aromatic carbocycles. The third kappa shape index (κ3) is 4.82. The van der Waals surface area contributed by atoms with Crippen molar-refractivity contribution < 1.29 is 19.1 Å². The summed E-state index contributed by atoms with van der Waals surface area (Å²) in [7, 11) is 0. The average Bonchev–Trinajstić information content (AvgIpc) is 2.89. The highest BCUT2D eigenvalue weighted by Crippen LogP contribution is 2.27. The minimum absolute atomic E-state index is 0.182. The van der Waals surface area contributed by atoms with Crippen molar-refractivity contribution in [1.29, 1.82) is 0 Å². The maximum absolute atomic E-state index is 12.2. The Bertz CT molecular complexity index is 820. The zero-order valence-corrected chi connectivity index (χ0v) is 16.3. The summed E-state index contributed by atoms with van der Waals surface area (Å²) in [6.45, 7) is 4.77. The normalized spacial score (nSPS) is 15.4. The Morgan fingerprint density at radius 2 is 1.54 bits per heavy atom. The molecule has 6 nitrogen and oxygen atoms in total. The quantitative estimate of drug-likeness (QED) is 0.530. The number of hydrogen-bond donors (Lipinski definition) is 1. The average molecular weight is 382 g/mol. The molecule has 0 spiro atoms. The van der Waals surface area contributed by atoms with Gasteiger partial charge in [0.25, 0.3) is 5.91 Å². The number of unbranched alkanes of at least 4 members (excludes halogenated alkanes) is 1. The summed E-state index contributed by atoms with van der Waals surface area (Å²) < 4.78 is 11.7. The largest absolute Gasteiger partial charge is 0.490 e. The van der Waals surface area contributed by atoms with Gasteiger partial charge >= 0.3 is 6.03 Å². The number of nitrogens with zero attached hydrogens (tertiary/aromatic N) is 1. The molecule has 28 heavy (non-hydrogen) atoms. The molecule has 1 aliphatic rings. The van der Waals surface area contributed by atoms with Crippen LogP contribution < -0.4 is 14.8 Å². The fourth-order valence-corrected chi connectivity index (χ4v) is 3.00. The van der Waals surface area contributed by atoms with Crippen LogP contribution in [-0.4, -0.2) is 35.5 Å². The Morgan fingerprint density at radius 1 is 0.893 bits per heavy atom. The molecular formula is C22H26N2O4. The van der Waals surface area contributed by atoms with Crippen LogP contribution in [0.5, 0.6) is 11.5 Å². The van der Waals surface area contributed by atoms with Crippen molar-refractivity contribution >= 4 is 11.9 Å². The number of rotatable bonds is 9. The van der Waals surface area contributed by atoms with E-state index in [1.807, 2.05) is 54.6 Å². The Labute approximate surface area is 165 Å². The first kappa shape index (κ1) is 19.7. The van der Waals surface area contributed by atoms with Crippen molar-refractivity contribution in [2.75, 3.05) is 13.2 Å². The summed E-state index contributed by atoms with van der Waals surface area (Å²) in [5, 5.41) is 2.68. The molecule has 3 amide bonds. The van der Waals surface area contributed by atoms with E-state index in [4.69, 9.17) is 9.47 Å². The van der Waals surface area contributed by atoms with E-state index in [2.05, 4.69) is 5.32 Å². The van der Waals surface area contributed by atoms with Gasteiger partial charge in [-0.15, -0.1) is 0 Å². The fourth-order valence-electron chi connectivity index (χ4n) is 3.00. The van der Waals surface area contributed by atoms with Crippen LogP contribution in [0.15, 0.2) is 54.6 Å². The van der Waals surface area contributed by atoms with Gasteiger partial charge in [-0.05, 0) is 44.4 Å². The highest BCUT2D eigenvalue weighted by molar-refractivity contribution is 6.06. The number of carbonyl (C=O) groups is 2. The van der Waals surface area contributed by atoms with Crippen molar-refractivity contribution in [1.82, 2.24) is 10.2 Å². The van der Waals surface area contributed by atoms with Gasteiger partial charge in [0.15, 0.2) is 11.5 Å². The van der Waals surface area contributed by atoms with E-state index in [-0.39, 0.29) is 11.9 Å². The fraction of sp³-hybridized carbons (Fsp3) is 0.364. The van der Waals surface area contributed by atoms with Crippen LogP contribution in [0.1, 0.15) is 32.3 Å². The van der Waals surface area contributed by atoms with Gasteiger partial charge in [0.2, 0.25) is 0 Å². The van der Waals surface area contributed by atoms with Gasteiger partial charge in [-0.1, -0.05) is 42.5 Å². The summed E-state index contributed by atoms with van der Waals surface area (Å²) in [6, 6.07) is 17.2. The van der Waals surface area contributed by atoms with Crippen LogP contribution in [-0.2, 0) is 11.4 Å². The van der Waals surface area contributed by atoms with Crippen molar-refractivity contribution in [3.63, 3.8) is 0 Å². The molecule has 0 bridgehead atoms.